The molecule has 0 bridgehead atoms. The number of likely N-dealkylation sites (N-methyl/N-ethyl adjacent to an activating group) is 1. The average Bonchev–Trinajstić information content (AvgIpc) is 2.30. The Labute approximate surface area is 111 Å². The summed E-state index contributed by atoms with van der Waals surface area (Å²) >= 11 is 1.49. The zero-order chi connectivity index (χ0) is 13.5. The molecule has 1 aromatic carbocycles. The van der Waals surface area contributed by atoms with E-state index in [4.69, 9.17) is 5.11 Å². The number of carbonyl (C=O) groups excluding carboxylic acids is 1. The first-order valence-corrected chi connectivity index (χ1v) is 6.73. The fourth-order valence-electron chi connectivity index (χ4n) is 1.34. The smallest absolute Gasteiger partial charge is 0.323 e. The van der Waals surface area contributed by atoms with E-state index in [9.17, 15) is 9.59 Å². The second kappa shape index (κ2) is 7.06. The summed E-state index contributed by atoms with van der Waals surface area (Å²) in [4.78, 5) is 23.2. The summed E-state index contributed by atoms with van der Waals surface area (Å²) in [5, 5.41) is 8.56. The zero-order valence-electron chi connectivity index (χ0n) is 10.5. The maximum Gasteiger partial charge on any atom is 0.323 e. The summed E-state index contributed by atoms with van der Waals surface area (Å²) in [5.41, 5.74) is 2.38. The first kappa shape index (κ1) is 14.6. The van der Waals surface area contributed by atoms with Crippen LogP contribution in [-0.2, 0) is 15.3 Å². The molecule has 1 rings (SSSR count). The van der Waals surface area contributed by atoms with E-state index in [1.165, 1.54) is 34.8 Å². The van der Waals surface area contributed by atoms with Gasteiger partial charge in [0.15, 0.2) is 0 Å². The van der Waals surface area contributed by atoms with Crippen LogP contribution in [0, 0.1) is 6.92 Å². The molecule has 5 heteroatoms. The summed E-state index contributed by atoms with van der Waals surface area (Å²) in [6.07, 6.45) is 0. The molecule has 1 amide bonds. The fourth-order valence-corrected chi connectivity index (χ4v) is 2.27. The molecule has 0 heterocycles. The lowest BCUT2D eigenvalue weighted by Crippen LogP contribution is -2.33. The topological polar surface area (TPSA) is 57.6 Å². The van der Waals surface area contributed by atoms with Crippen LogP contribution in [0.2, 0.25) is 0 Å². The quantitative estimate of drug-likeness (QED) is 0.853. The SMILES string of the molecule is Cc1ccc(CSCC(=O)N(C)CC(=O)O)cc1. The number of hydrogen-bond donors (Lipinski definition) is 1. The Bertz CT molecular complexity index is 417. The van der Waals surface area contributed by atoms with Crippen molar-refractivity contribution in [2.24, 2.45) is 0 Å². The second-order valence-corrected chi connectivity index (χ2v) is 5.11. The number of carboxylic acids is 1. The summed E-state index contributed by atoms with van der Waals surface area (Å²) < 4.78 is 0. The lowest BCUT2D eigenvalue weighted by atomic mass is 10.2. The number of carbonyl (C=O) groups is 2. The molecule has 18 heavy (non-hydrogen) atoms. The highest BCUT2D eigenvalue weighted by Crippen LogP contribution is 2.13. The van der Waals surface area contributed by atoms with Crippen molar-refractivity contribution in [3.8, 4) is 0 Å². The molecule has 0 aliphatic heterocycles. The van der Waals surface area contributed by atoms with E-state index < -0.39 is 5.97 Å². The predicted octanol–water partition coefficient (Wildman–Crippen LogP) is 1.77. The minimum Gasteiger partial charge on any atom is -0.480 e. The van der Waals surface area contributed by atoms with E-state index in [1.54, 1.807) is 0 Å². The van der Waals surface area contributed by atoms with E-state index >= 15 is 0 Å². The van der Waals surface area contributed by atoms with Crippen LogP contribution in [0.25, 0.3) is 0 Å². The van der Waals surface area contributed by atoms with Gasteiger partial charge in [0, 0.05) is 12.8 Å². The third-order valence-corrected chi connectivity index (χ3v) is 3.40. The van der Waals surface area contributed by atoms with Crippen molar-refractivity contribution in [3.63, 3.8) is 0 Å². The summed E-state index contributed by atoms with van der Waals surface area (Å²) in [5.74, 6) is -0.0891. The van der Waals surface area contributed by atoms with Crippen LogP contribution in [0.1, 0.15) is 11.1 Å². The van der Waals surface area contributed by atoms with Crippen LogP contribution in [0.15, 0.2) is 24.3 Å². The van der Waals surface area contributed by atoms with Gasteiger partial charge in [-0.15, -0.1) is 11.8 Å². The Morgan fingerprint density at radius 1 is 1.28 bits per heavy atom. The van der Waals surface area contributed by atoms with Crippen molar-refractivity contribution in [2.75, 3.05) is 19.3 Å². The zero-order valence-corrected chi connectivity index (χ0v) is 11.4. The van der Waals surface area contributed by atoms with E-state index in [1.807, 2.05) is 31.2 Å². The number of nitrogens with zero attached hydrogens (tertiary/aromatic N) is 1. The van der Waals surface area contributed by atoms with Gasteiger partial charge in [0.1, 0.15) is 6.54 Å². The van der Waals surface area contributed by atoms with E-state index in [-0.39, 0.29) is 12.5 Å². The Morgan fingerprint density at radius 3 is 2.44 bits per heavy atom. The second-order valence-electron chi connectivity index (χ2n) is 4.12. The minimum absolute atomic E-state index is 0.158. The normalized spacial score (nSPS) is 10.1. The standard InChI is InChI=1S/C13H17NO3S/c1-10-3-5-11(6-4-10)8-18-9-12(15)14(2)7-13(16)17/h3-6H,7-9H2,1-2H3,(H,16,17). The van der Waals surface area contributed by atoms with Gasteiger partial charge in [-0.2, -0.15) is 0 Å². The van der Waals surface area contributed by atoms with Gasteiger partial charge in [-0.25, -0.2) is 0 Å². The van der Waals surface area contributed by atoms with Crippen molar-refractivity contribution in [3.05, 3.63) is 35.4 Å². The molecule has 0 atom stereocenters. The summed E-state index contributed by atoms with van der Waals surface area (Å²) in [6.45, 7) is 1.78. The van der Waals surface area contributed by atoms with Gasteiger partial charge in [-0.1, -0.05) is 29.8 Å². The molecule has 0 saturated heterocycles. The van der Waals surface area contributed by atoms with Crippen LogP contribution < -0.4 is 0 Å². The lowest BCUT2D eigenvalue weighted by Gasteiger charge is -2.13. The molecule has 0 unspecified atom stereocenters. The number of aliphatic carboxylic acids is 1. The van der Waals surface area contributed by atoms with E-state index in [0.29, 0.717) is 5.75 Å². The Kier molecular flexibility index (Phi) is 5.71. The van der Waals surface area contributed by atoms with Gasteiger partial charge >= 0.3 is 5.97 Å². The molecule has 0 spiro atoms. The van der Waals surface area contributed by atoms with Crippen molar-refractivity contribution < 1.29 is 14.7 Å². The van der Waals surface area contributed by atoms with Crippen LogP contribution in [0.3, 0.4) is 0 Å². The van der Waals surface area contributed by atoms with Gasteiger partial charge in [-0.05, 0) is 12.5 Å². The largest absolute Gasteiger partial charge is 0.480 e. The minimum atomic E-state index is -0.991. The third kappa shape index (κ3) is 5.23. The van der Waals surface area contributed by atoms with Crippen molar-refractivity contribution >= 4 is 23.6 Å². The molecule has 0 fully saturated rings. The highest BCUT2D eigenvalue weighted by molar-refractivity contribution is 7.99. The number of carboxylic acid groups (broad SMARTS) is 1. The van der Waals surface area contributed by atoms with E-state index in [2.05, 4.69) is 0 Å². The highest BCUT2D eigenvalue weighted by Gasteiger charge is 2.11. The van der Waals surface area contributed by atoms with Crippen LogP contribution in [-0.4, -0.2) is 41.2 Å². The summed E-state index contributed by atoms with van der Waals surface area (Å²) in [6, 6.07) is 8.14. The first-order chi connectivity index (χ1) is 8.49. The predicted molar refractivity (Wildman–Crippen MR) is 72.6 cm³/mol. The molecule has 0 aromatic heterocycles. The van der Waals surface area contributed by atoms with Crippen LogP contribution in [0.4, 0.5) is 0 Å². The van der Waals surface area contributed by atoms with E-state index in [0.717, 1.165) is 5.75 Å². The third-order valence-electron chi connectivity index (χ3n) is 2.41. The van der Waals surface area contributed by atoms with Gasteiger partial charge in [0.2, 0.25) is 5.91 Å². The maximum absolute atomic E-state index is 11.6. The monoisotopic (exact) mass is 267 g/mol. The number of amides is 1. The van der Waals surface area contributed by atoms with Gasteiger partial charge in [0.05, 0.1) is 5.75 Å². The number of benzene rings is 1. The average molecular weight is 267 g/mol. The molecule has 0 aliphatic rings. The van der Waals surface area contributed by atoms with Crippen LogP contribution >= 0.6 is 11.8 Å². The van der Waals surface area contributed by atoms with Crippen LogP contribution in [0.5, 0.6) is 0 Å². The molecule has 4 nitrogen and oxygen atoms in total. The van der Waals surface area contributed by atoms with Gasteiger partial charge in [-0.3, -0.25) is 9.59 Å². The Morgan fingerprint density at radius 2 is 1.89 bits per heavy atom. The molecule has 0 radical (unpaired) electrons. The fraction of sp³-hybridized carbons (Fsp3) is 0.385. The summed E-state index contributed by atoms with van der Waals surface area (Å²) in [7, 11) is 1.50. The number of rotatable bonds is 6. The molecule has 1 aromatic rings. The lowest BCUT2D eigenvalue weighted by molar-refractivity contribution is -0.142. The Hall–Kier alpha value is -1.49. The van der Waals surface area contributed by atoms with Crippen molar-refractivity contribution in [2.45, 2.75) is 12.7 Å². The van der Waals surface area contributed by atoms with Gasteiger partial charge < -0.3 is 10.0 Å². The van der Waals surface area contributed by atoms with Gasteiger partial charge in [0.25, 0.3) is 0 Å². The molecule has 1 N–H and O–H groups in total. The molecule has 98 valence electrons. The number of hydrogen-bond acceptors (Lipinski definition) is 3. The van der Waals surface area contributed by atoms with Crippen molar-refractivity contribution in [1.29, 1.82) is 0 Å². The highest BCUT2D eigenvalue weighted by atomic mass is 32.2. The number of thioether (sulfide) groups is 1. The molecular weight excluding hydrogens is 250 g/mol. The van der Waals surface area contributed by atoms with Crippen molar-refractivity contribution in [1.82, 2.24) is 4.90 Å². The number of aryl methyl sites for hydroxylation is 1. The molecular formula is C13H17NO3S. The Balaban J connectivity index is 2.31. The first-order valence-electron chi connectivity index (χ1n) is 5.58. The molecule has 0 saturated carbocycles. The molecule has 0 aliphatic carbocycles. The maximum atomic E-state index is 11.6.